The Balaban J connectivity index is 1.80. The third-order valence-corrected chi connectivity index (χ3v) is 4.09. The molecular formula is C20H14N4O2. The molecule has 1 amide bonds. The lowest BCUT2D eigenvalue weighted by molar-refractivity contribution is -0.118. The molecular weight excluding hydrogens is 328 g/mol. The first kappa shape index (κ1) is 15.8. The zero-order chi connectivity index (χ0) is 17.9. The number of rotatable bonds is 4. The van der Waals surface area contributed by atoms with Crippen LogP contribution in [0, 0.1) is 5.92 Å². The molecule has 0 aliphatic carbocycles. The van der Waals surface area contributed by atoms with Crippen molar-refractivity contribution in [3.05, 3.63) is 90.5 Å². The van der Waals surface area contributed by atoms with Gasteiger partial charge in [-0.05, 0) is 17.7 Å². The van der Waals surface area contributed by atoms with E-state index in [1.165, 1.54) is 23.6 Å². The summed E-state index contributed by atoms with van der Waals surface area (Å²) < 4.78 is 0. The number of amides is 1. The Bertz CT molecular complexity index is 972. The molecule has 1 atom stereocenters. The van der Waals surface area contributed by atoms with Crippen LogP contribution in [0.2, 0.25) is 0 Å². The summed E-state index contributed by atoms with van der Waals surface area (Å²) in [6, 6.07) is 18.3. The molecule has 2 aromatic carbocycles. The van der Waals surface area contributed by atoms with Crippen LogP contribution in [0.3, 0.4) is 0 Å². The number of nitrogens with zero attached hydrogens (tertiary/aromatic N) is 4. The molecule has 6 heteroatoms. The molecule has 1 aromatic heterocycles. The molecule has 0 N–H and O–H groups in total. The Kier molecular flexibility index (Phi) is 4.07. The summed E-state index contributed by atoms with van der Waals surface area (Å²) >= 11 is 0. The fraction of sp³-hybridized carbons (Fsp3) is 0.0500. The molecule has 6 nitrogen and oxygen atoms in total. The van der Waals surface area contributed by atoms with Crippen molar-refractivity contribution in [1.29, 1.82) is 0 Å². The summed E-state index contributed by atoms with van der Waals surface area (Å²) in [5, 5.41) is 5.75. The van der Waals surface area contributed by atoms with Crippen molar-refractivity contribution < 1.29 is 9.59 Å². The second-order valence-electron chi connectivity index (χ2n) is 5.72. The second kappa shape index (κ2) is 6.68. The van der Waals surface area contributed by atoms with Crippen LogP contribution >= 0.6 is 0 Å². The highest BCUT2D eigenvalue weighted by Gasteiger charge is 2.43. The molecule has 0 radical (unpaired) electrons. The number of Topliss-reactive ketones (excluding diaryl/α,β-unsaturated/α-hetero) is 1. The summed E-state index contributed by atoms with van der Waals surface area (Å²) in [4.78, 5) is 34.0. The van der Waals surface area contributed by atoms with Crippen LogP contribution < -0.4 is 5.01 Å². The normalized spacial score (nSPS) is 16.5. The van der Waals surface area contributed by atoms with E-state index < -0.39 is 17.6 Å². The number of aromatic nitrogens is 2. The lowest BCUT2D eigenvalue weighted by Crippen LogP contribution is -2.34. The number of ketones is 1. The van der Waals surface area contributed by atoms with Crippen LogP contribution in [0.1, 0.15) is 16.1 Å². The van der Waals surface area contributed by atoms with E-state index in [1.54, 1.807) is 12.1 Å². The Morgan fingerprint density at radius 1 is 0.923 bits per heavy atom. The highest BCUT2D eigenvalue weighted by molar-refractivity contribution is 6.34. The third kappa shape index (κ3) is 2.77. The molecule has 1 aliphatic heterocycles. The largest absolute Gasteiger partial charge is 0.291 e. The van der Waals surface area contributed by atoms with Gasteiger partial charge in [-0.1, -0.05) is 48.5 Å². The first-order chi connectivity index (χ1) is 12.8. The summed E-state index contributed by atoms with van der Waals surface area (Å²) in [5.74, 6) is -1.86. The summed E-state index contributed by atoms with van der Waals surface area (Å²) in [6.07, 6.45) is 4.28. The van der Waals surface area contributed by atoms with Crippen LogP contribution in [0.5, 0.6) is 0 Å². The first-order valence-corrected chi connectivity index (χ1v) is 8.09. The zero-order valence-electron chi connectivity index (χ0n) is 13.7. The molecule has 0 unspecified atom stereocenters. The van der Waals surface area contributed by atoms with E-state index in [0.717, 1.165) is 5.56 Å². The van der Waals surface area contributed by atoms with Crippen LogP contribution in [-0.4, -0.2) is 27.4 Å². The van der Waals surface area contributed by atoms with E-state index in [-0.39, 0.29) is 5.69 Å². The van der Waals surface area contributed by atoms with Crippen molar-refractivity contribution in [2.24, 2.45) is 11.0 Å². The van der Waals surface area contributed by atoms with Gasteiger partial charge in [0.2, 0.25) is 5.78 Å². The van der Waals surface area contributed by atoms with E-state index >= 15 is 0 Å². The number of para-hydroxylation sites is 1. The van der Waals surface area contributed by atoms with Gasteiger partial charge in [0.15, 0.2) is 0 Å². The topological polar surface area (TPSA) is 75.5 Å². The number of anilines is 1. The van der Waals surface area contributed by atoms with Gasteiger partial charge in [-0.15, -0.1) is 0 Å². The number of carbonyl (C=O) groups excluding carboxylic acids is 2. The van der Waals surface area contributed by atoms with Crippen LogP contribution in [0.25, 0.3) is 0 Å². The van der Waals surface area contributed by atoms with Crippen molar-refractivity contribution in [3.63, 3.8) is 0 Å². The molecule has 26 heavy (non-hydrogen) atoms. The number of benzene rings is 2. The van der Waals surface area contributed by atoms with Crippen molar-refractivity contribution in [2.75, 3.05) is 5.01 Å². The van der Waals surface area contributed by atoms with E-state index in [2.05, 4.69) is 15.1 Å². The molecule has 4 rings (SSSR count). The maximum atomic E-state index is 13.0. The summed E-state index contributed by atoms with van der Waals surface area (Å²) in [6.45, 7) is 0. The monoisotopic (exact) mass is 342 g/mol. The van der Waals surface area contributed by atoms with Crippen molar-refractivity contribution in [2.45, 2.75) is 0 Å². The number of hydrogen-bond donors (Lipinski definition) is 0. The molecule has 0 bridgehead atoms. The zero-order valence-corrected chi connectivity index (χ0v) is 13.7. The minimum atomic E-state index is -1.05. The Hall–Kier alpha value is -3.67. The van der Waals surface area contributed by atoms with Gasteiger partial charge in [-0.25, -0.2) is 4.98 Å². The van der Waals surface area contributed by atoms with Crippen LogP contribution in [0.4, 0.5) is 5.69 Å². The molecule has 1 aliphatic rings. The van der Waals surface area contributed by atoms with Gasteiger partial charge in [-0.3, -0.25) is 14.6 Å². The van der Waals surface area contributed by atoms with Gasteiger partial charge in [0.1, 0.15) is 11.6 Å². The number of hydrazone groups is 1. The van der Waals surface area contributed by atoms with Gasteiger partial charge in [0.05, 0.1) is 17.6 Å². The van der Waals surface area contributed by atoms with E-state index in [9.17, 15) is 9.59 Å². The molecule has 2 heterocycles. The van der Waals surface area contributed by atoms with Gasteiger partial charge in [0, 0.05) is 12.4 Å². The van der Waals surface area contributed by atoms with Gasteiger partial charge < -0.3 is 0 Å². The third-order valence-electron chi connectivity index (χ3n) is 4.09. The average molecular weight is 342 g/mol. The minimum Gasteiger partial charge on any atom is -0.291 e. The summed E-state index contributed by atoms with van der Waals surface area (Å²) in [7, 11) is 0. The van der Waals surface area contributed by atoms with E-state index in [1.807, 2.05) is 48.5 Å². The Labute approximate surface area is 149 Å². The second-order valence-corrected chi connectivity index (χ2v) is 5.72. The predicted molar refractivity (Wildman–Crippen MR) is 96.8 cm³/mol. The Morgan fingerprint density at radius 3 is 2.27 bits per heavy atom. The maximum absolute atomic E-state index is 13.0. The molecule has 0 fully saturated rings. The average Bonchev–Trinajstić information content (AvgIpc) is 3.06. The maximum Gasteiger partial charge on any atom is 0.264 e. The quantitative estimate of drug-likeness (QED) is 0.540. The van der Waals surface area contributed by atoms with Crippen molar-refractivity contribution in [1.82, 2.24) is 9.97 Å². The molecule has 0 saturated heterocycles. The smallest absolute Gasteiger partial charge is 0.264 e. The number of hydrogen-bond acceptors (Lipinski definition) is 5. The highest BCUT2D eigenvalue weighted by Crippen LogP contribution is 2.28. The van der Waals surface area contributed by atoms with E-state index in [0.29, 0.717) is 11.4 Å². The fourth-order valence-corrected chi connectivity index (χ4v) is 2.85. The lowest BCUT2D eigenvalue weighted by Gasteiger charge is -2.13. The van der Waals surface area contributed by atoms with Crippen molar-refractivity contribution in [3.8, 4) is 0 Å². The lowest BCUT2D eigenvalue weighted by atomic mass is 9.91. The Morgan fingerprint density at radius 2 is 1.62 bits per heavy atom. The first-order valence-electron chi connectivity index (χ1n) is 8.09. The van der Waals surface area contributed by atoms with Gasteiger partial charge in [-0.2, -0.15) is 10.1 Å². The van der Waals surface area contributed by atoms with Gasteiger partial charge >= 0.3 is 0 Å². The van der Waals surface area contributed by atoms with Crippen LogP contribution in [0.15, 0.2) is 84.4 Å². The molecule has 0 spiro atoms. The fourth-order valence-electron chi connectivity index (χ4n) is 2.85. The standard InChI is InChI=1S/C20H14N4O2/c25-19(16-13-21-11-12-22-16)17-18(14-7-3-1-4-8-14)23-24(20(17)26)15-9-5-2-6-10-15/h1-13,17H/t17-/m0/s1. The number of carbonyl (C=O) groups is 2. The SMILES string of the molecule is O=C(c1cnccn1)[C@H]1C(=O)N(c2ccccc2)N=C1c1ccccc1. The summed E-state index contributed by atoms with van der Waals surface area (Å²) in [5.41, 5.74) is 1.89. The van der Waals surface area contributed by atoms with E-state index in [4.69, 9.17) is 0 Å². The van der Waals surface area contributed by atoms with Crippen molar-refractivity contribution >= 4 is 23.1 Å². The molecule has 3 aromatic rings. The van der Waals surface area contributed by atoms with Crippen LogP contribution in [-0.2, 0) is 4.79 Å². The molecule has 0 saturated carbocycles. The van der Waals surface area contributed by atoms with Gasteiger partial charge in [0.25, 0.3) is 5.91 Å². The predicted octanol–water partition coefficient (Wildman–Crippen LogP) is 2.73. The minimum absolute atomic E-state index is 0.143. The highest BCUT2D eigenvalue weighted by atomic mass is 16.2. The molecule has 126 valence electrons.